The first-order valence-corrected chi connectivity index (χ1v) is 2.34. The van der Waals surface area contributed by atoms with E-state index in [1.54, 1.807) is 33.6 Å². The summed E-state index contributed by atoms with van der Waals surface area (Å²) in [4.78, 5) is 0. The van der Waals surface area contributed by atoms with E-state index in [2.05, 4.69) is 16.9 Å². The molecule has 1 rings (SSSR count). The Morgan fingerprint density at radius 3 is 2.38 bits per heavy atom. The van der Waals surface area contributed by atoms with E-state index >= 15 is 0 Å². The van der Waals surface area contributed by atoms with Gasteiger partial charge in [0.25, 0.3) is 7.55 Å². The maximum atomic E-state index is 3.55. The normalized spacial score (nSPS) is 17.8. The maximum Gasteiger partial charge on any atom is 0.323 e. The summed E-state index contributed by atoms with van der Waals surface area (Å²) in [6, 6.07) is 0. The third kappa shape index (κ3) is 1.31. The van der Waals surface area contributed by atoms with Crippen molar-refractivity contribution in [3.8, 4) is 0 Å². The van der Waals surface area contributed by atoms with Gasteiger partial charge in [0.2, 0.25) is 0 Å². The third-order valence-corrected chi connectivity index (χ3v) is 0.825. The molecule has 6 heteroatoms. The van der Waals surface area contributed by atoms with E-state index in [1.165, 1.54) is 0 Å². The molecule has 3 radical (unpaired) electrons. The van der Waals surface area contributed by atoms with Crippen LogP contribution in [0.15, 0.2) is 12.8 Å². The molecule has 0 bridgehead atoms. The van der Waals surface area contributed by atoms with Crippen LogP contribution in [0.1, 0.15) is 0 Å². The van der Waals surface area contributed by atoms with Crippen LogP contribution in [0.25, 0.3) is 0 Å². The second-order valence-electron chi connectivity index (χ2n) is 1.37. The maximum absolute atomic E-state index is 3.55. The second-order valence-corrected chi connectivity index (χ2v) is 1.37. The van der Waals surface area contributed by atoms with E-state index in [9.17, 15) is 0 Å². The Morgan fingerprint density at radius 2 is 2.00 bits per heavy atom. The molecule has 0 aromatic heterocycles. The Balaban J connectivity index is 2.22. The molecule has 0 aromatic carbocycles. The molecule has 1 aliphatic heterocycles. The molecule has 0 aliphatic carbocycles. The summed E-state index contributed by atoms with van der Waals surface area (Å²) >= 11 is 0. The minimum atomic E-state index is 1.69. The van der Waals surface area contributed by atoms with E-state index in [0.717, 1.165) is 0 Å². The lowest BCUT2D eigenvalue weighted by atomic mass is 9.81. The van der Waals surface area contributed by atoms with Gasteiger partial charge in [0, 0.05) is 0 Å². The molecular weight excluding hydrogens is 98.5 g/mol. The molecule has 0 atom stereocenters. The number of hydrogen-bond acceptors (Lipinski definition) is 3. The standard InChI is InChI=1S/C2H5B3N3/c1-2-8-4-6-3-7-5-8/h2,6-7H,1H2. The summed E-state index contributed by atoms with van der Waals surface area (Å²) in [5.74, 6) is 0. The molecule has 1 aliphatic rings. The van der Waals surface area contributed by atoms with Crippen molar-refractivity contribution >= 4 is 22.6 Å². The molecule has 0 spiro atoms. The molecule has 2 N–H and O–H groups in total. The molecule has 1 fully saturated rings. The van der Waals surface area contributed by atoms with Crippen molar-refractivity contribution in [2.75, 3.05) is 0 Å². The van der Waals surface area contributed by atoms with Crippen LogP contribution in [0.2, 0.25) is 0 Å². The van der Waals surface area contributed by atoms with E-state index in [-0.39, 0.29) is 0 Å². The molecule has 3 nitrogen and oxygen atoms in total. The summed E-state index contributed by atoms with van der Waals surface area (Å²) in [6.45, 7) is 3.55. The fourth-order valence-corrected chi connectivity index (χ4v) is 0.437. The lowest BCUT2D eigenvalue weighted by Gasteiger charge is -2.22. The van der Waals surface area contributed by atoms with Gasteiger partial charge in [-0.25, -0.2) is 0 Å². The fraction of sp³-hybridized carbons (Fsp3) is 0. The molecule has 0 amide bonds. The lowest BCUT2D eigenvalue weighted by molar-refractivity contribution is 0.891. The smallest absolute Gasteiger partial charge is 0.323 e. The van der Waals surface area contributed by atoms with Gasteiger partial charge in [0.15, 0.2) is 0 Å². The molecule has 0 aromatic rings. The van der Waals surface area contributed by atoms with Gasteiger partial charge in [0.1, 0.15) is 0 Å². The van der Waals surface area contributed by atoms with Crippen molar-refractivity contribution in [1.29, 1.82) is 0 Å². The highest BCUT2D eigenvalue weighted by Gasteiger charge is 2.08. The van der Waals surface area contributed by atoms with Crippen molar-refractivity contribution in [1.82, 2.24) is 15.0 Å². The Kier molecular flexibility index (Phi) is 2.05. The monoisotopic (exact) mass is 104 g/mol. The molecule has 0 saturated carbocycles. The van der Waals surface area contributed by atoms with Crippen molar-refractivity contribution in [3.05, 3.63) is 12.8 Å². The zero-order valence-corrected chi connectivity index (χ0v) is 4.46. The summed E-state index contributed by atoms with van der Waals surface area (Å²) in [6.07, 6.45) is 1.69. The van der Waals surface area contributed by atoms with Crippen LogP contribution in [0, 0.1) is 0 Å². The molecule has 1 saturated heterocycles. The van der Waals surface area contributed by atoms with Crippen LogP contribution in [0.3, 0.4) is 0 Å². The summed E-state index contributed by atoms with van der Waals surface area (Å²) < 4.78 is 1.78. The van der Waals surface area contributed by atoms with Crippen molar-refractivity contribution < 1.29 is 0 Å². The second kappa shape index (κ2) is 2.84. The largest absolute Gasteiger partial charge is 0.448 e. The first-order valence-electron chi connectivity index (χ1n) is 2.34. The quantitative estimate of drug-likeness (QED) is 0.385. The predicted octanol–water partition coefficient (Wildman–Crippen LogP) is -1.77. The zero-order chi connectivity index (χ0) is 5.82. The van der Waals surface area contributed by atoms with Crippen LogP contribution in [0.5, 0.6) is 0 Å². The van der Waals surface area contributed by atoms with E-state index < -0.39 is 0 Å². The fourth-order valence-electron chi connectivity index (χ4n) is 0.437. The van der Waals surface area contributed by atoms with Crippen LogP contribution >= 0.6 is 0 Å². The van der Waals surface area contributed by atoms with Gasteiger partial charge in [-0.2, -0.15) is 0 Å². The Morgan fingerprint density at radius 1 is 1.38 bits per heavy atom. The van der Waals surface area contributed by atoms with Crippen LogP contribution < -0.4 is 10.3 Å². The zero-order valence-electron chi connectivity index (χ0n) is 4.46. The number of nitrogens with zero attached hydrogens (tertiary/aromatic N) is 1. The van der Waals surface area contributed by atoms with E-state index in [4.69, 9.17) is 0 Å². The lowest BCUT2D eigenvalue weighted by Crippen LogP contribution is -2.55. The van der Waals surface area contributed by atoms with Gasteiger partial charge >= 0.3 is 15.1 Å². The molecule has 8 heavy (non-hydrogen) atoms. The predicted molar refractivity (Wildman–Crippen MR) is 35.6 cm³/mol. The Hall–Kier alpha value is -0.345. The minimum absolute atomic E-state index is 1.69. The number of hydrogen-bond donors (Lipinski definition) is 2. The first kappa shape index (κ1) is 5.79. The van der Waals surface area contributed by atoms with Crippen LogP contribution in [-0.2, 0) is 0 Å². The Labute approximate surface area is 51.4 Å². The summed E-state index contributed by atoms with van der Waals surface area (Å²) in [5.41, 5.74) is 0. The number of rotatable bonds is 1. The number of nitrogens with one attached hydrogen (secondary N) is 2. The molecule has 1 heterocycles. The minimum Gasteiger partial charge on any atom is -0.448 e. The van der Waals surface area contributed by atoms with Gasteiger partial charge < -0.3 is 15.0 Å². The molecular formula is C2H5B3N3. The van der Waals surface area contributed by atoms with Crippen molar-refractivity contribution in [2.45, 2.75) is 0 Å². The highest BCUT2D eigenvalue weighted by atomic mass is 15.1. The van der Waals surface area contributed by atoms with Gasteiger partial charge in [0.05, 0.1) is 0 Å². The van der Waals surface area contributed by atoms with Gasteiger partial charge in [-0.15, -0.1) is 0 Å². The molecule has 0 unspecified atom stereocenters. The molecule has 37 valence electrons. The average Bonchev–Trinajstić information content (AvgIpc) is 1.90. The highest BCUT2D eigenvalue weighted by Crippen LogP contribution is 1.78. The van der Waals surface area contributed by atoms with E-state index in [1.807, 2.05) is 0 Å². The van der Waals surface area contributed by atoms with Crippen molar-refractivity contribution in [3.63, 3.8) is 0 Å². The van der Waals surface area contributed by atoms with Crippen LogP contribution in [-0.4, -0.2) is 27.4 Å². The van der Waals surface area contributed by atoms with E-state index in [0.29, 0.717) is 0 Å². The average molecular weight is 104 g/mol. The summed E-state index contributed by atoms with van der Waals surface area (Å²) in [7, 11) is 5.28. The van der Waals surface area contributed by atoms with Gasteiger partial charge in [-0.05, 0) is 6.20 Å². The Bertz CT molecular complexity index is 80.6. The first-order chi connectivity index (χ1) is 3.93. The summed E-state index contributed by atoms with van der Waals surface area (Å²) in [5, 5.41) is 5.70. The van der Waals surface area contributed by atoms with Gasteiger partial charge in [-0.1, -0.05) is 6.58 Å². The van der Waals surface area contributed by atoms with Gasteiger partial charge in [-0.3, -0.25) is 0 Å². The van der Waals surface area contributed by atoms with Crippen LogP contribution in [0.4, 0.5) is 0 Å². The topological polar surface area (TPSA) is 27.3 Å². The third-order valence-electron chi connectivity index (χ3n) is 0.825. The SMILES string of the molecule is C=CN1[B]N[B]N[B]1. The van der Waals surface area contributed by atoms with Crippen molar-refractivity contribution in [2.24, 2.45) is 0 Å². The highest BCUT2D eigenvalue weighted by molar-refractivity contribution is 6.65.